The number of halogens is 3. The number of methoxy groups -OCH3 is 1. The lowest BCUT2D eigenvalue weighted by Gasteiger charge is -2.35. The topological polar surface area (TPSA) is 154 Å². The van der Waals surface area contributed by atoms with Gasteiger partial charge in [-0.05, 0) is 49.1 Å². The maximum Gasteiger partial charge on any atom is 0.406 e. The Morgan fingerprint density at radius 3 is 2.33 bits per heavy atom. The van der Waals surface area contributed by atoms with Gasteiger partial charge in [-0.25, -0.2) is 13.6 Å². The van der Waals surface area contributed by atoms with E-state index in [-0.39, 0.29) is 59.3 Å². The van der Waals surface area contributed by atoms with Crippen LogP contribution in [-0.4, -0.2) is 88.0 Å². The number of nitrogens with one attached hydrogen (secondary N) is 2. The van der Waals surface area contributed by atoms with E-state index in [1.54, 1.807) is 45.9 Å². The predicted octanol–water partition coefficient (Wildman–Crippen LogP) is 4.97. The number of rotatable bonds is 14. The van der Waals surface area contributed by atoms with Crippen molar-refractivity contribution in [3.05, 3.63) is 48.2 Å². The molecule has 284 valence electrons. The van der Waals surface area contributed by atoms with Gasteiger partial charge in [-0.1, -0.05) is 39.7 Å². The molecular weight excluding hydrogens is 703 g/mol. The predicted molar refractivity (Wildman–Crippen MR) is 191 cm³/mol. The van der Waals surface area contributed by atoms with Gasteiger partial charge in [-0.15, -0.1) is 0 Å². The smallest absolute Gasteiger partial charge is 0.406 e. The van der Waals surface area contributed by atoms with Crippen molar-refractivity contribution in [3.63, 3.8) is 0 Å². The van der Waals surface area contributed by atoms with Gasteiger partial charge >= 0.3 is 18.1 Å². The molecule has 1 saturated heterocycles. The van der Waals surface area contributed by atoms with E-state index in [2.05, 4.69) is 27.4 Å². The minimum Gasteiger partial charge on any atom is -0.495 e. The van der Waals surface area contributed by atoms with Crippen LogP contribution in [0.2, 0.25) is 0 Å². The van der Waals surface area contributed by atoms with Crippen molar-refractivity contribution in [2.75, 3.05) is 50.5 Å². The number of nitrogens with zero attached hydrogens (tertiary/aromatic N) is 2. The molecule has 1 aromatic heterocycles. The highest BCUT2D eigenvalue weighted by Gasteiger charge is 2.30. The van der Waals surface area contributed by atoms with E-state index in [4.69, 9.17) is 19.3 Å². The first-order chi connectivity index (χ1) is 24.4. The number of hydrogen-bond acceptors (Lipinski definition) is 10. The SMILES string of the molecule is COc1cc(S(N)(=O)=O)ccc1NCC#Cc1cc2c(NC3CCN(CC(COC(=O)C(C)C)OC(=O)C(C)C)CC3)cccc2n1CC(F)(F)F. The average Bonchev–Trinajstić information content (AvgIpc) is 3.41. The van der Waals surface area contributed by atoms with Crippen molar-refractivity contribution in [1.82, 2.24) is 9.47 Å². The van der Waals surface area contributed by atoms with E-state index in [1.807, 2.05) is 6.07 Å². The Morgan fingerprint density at radius 1 is 1.02 bits per heavy atom. The number of ether oxygens (including phenoxy) is 3. The van der Waals surface area contributed by atoms with Gasteiger partial charge in [0.15, 0.2) is 0 Å². The third-order valence-electron chi connectivity index (χ3n) is 8.41. The number of alkyl halides is 3. The van der Waals surface area contributed by atoms with E-state index in [0.717, 1.165) is 17.4 Å². The van der Waals surface area contributed by atoms with E-state index in [0.29, 0.717) is 41.9 Å². The van der Waals surface area contributed by atoms with Crippen molar-refractivity contribution >= 4 is 44.2 Å². The monoisotopic (exact) mass is 749 g/mol. The second-order valence-corrected chi connectivity index (χ2v) is 14.8. The van der Waals surface area contributed by atoms with Crippen LogP contribution in [0.4, 0.5) is 24.5 Å². The van der Waals surface area contributed by atoms with Crippen molar-refractivity contribution in [2.24, 2.45) is 17.0 Å². The zero-order valence-electron chi connectivity index (χ0n) is 29.9. The summed E-state index contributed by atoms with van der Waals surface area (Å²) in [7, 11) is -2.58. The van der Waals surface area contributed by atoms with Crippen LogP contribution < -0.4 is 20.5 Å². The Hall–Kier alpha value is -4.46. The maximum atomic E-state index is 13.7. The fourth-order valence-electron chi connectivity index (χ4n) is 5.67. The van der Waals surface area contributed by atoms with Crippen LogP contribution in [0.25, 0.3) is 10.9 Å². The normalized spacial score (nSPS) is 14.9. The molecule has 2 aromatic carbocycles. The van der Waals surface area contributed by atoms with Crippen LogP contribution in [0, 0.1) is 23.7 Å². The molecule has 1 atom stereocenters. The quantitative estimate of drug-likeness (QED) is 0.152. The second kappa shape index (κ2) is 17.4. The first kappa shape index (κ1) is 40.3. The summed E-state index contributed by atoms with van der Waals surface area (Å²) in [5.74, 6) is 4.56. The zero-order chi connectivity index (χ0) is 38.2. The Labute approximate surface area is 302 Å². The van der Waals surface area contributed by atoms with Crippen molar-refractivity contribution in [1.29, 1.82) is 0 Å². The largest absolute Gasteiger partial charge is 0.495 e. The molecule has 0 bridgehead atoms. The Bertz CT molecular complexity index is 1890. The molecule has 0 radical (unpaired) electrons. The highest BCUT2D eigenvalue weighted by atomic mass is 32.2. The summed E-state index contributed by atoms with van der Waals surface area (Å²) in [6.07, 6.45) is -3.67. The van der Waals surface area contributed by atoms with Crippen LogP contribution in [0.1, 0.15) is 46.2 Å². The van der Waals surface area contributed by atoms with Gasteiger partial charge in [-0.2, -0.15) is 13.2 Å². The van der Waals surface area contributed by atoms with Gasteiger partial charge in [0.2, 0.25) is 10.0 Å². The molecule has 1 aliphatic rings. The van der Waals surface area contributed by atoms with Crippen LogP contribution in [0.15, 0.2) is 47.4 Å². The molecule has 2 heterocycles. The van der Waals surface area contributed by atoms with E-state index >= 15 is 0 Å². The fraction of sp³-hybridized carbons (Fsp3) is 0.500. The summed E-state index contributed by atoms with van der Waals surface area (Å²) in [6, 6.07) is 10.9. The number of carbonyl (C=O) groups excluding carboxylic acids is 2. The van der Waals surface area contributed by atoms with Crippen LogP contribution in [0.5, 0.6) is 5.75 Å². The van der Waals surface area contributed by atoms with Gasteiger partial charge in [0.1, 0.15) is 25.0 Å². The number of nitrogens with two attached hydrogens (primary N) is 1. The Balaban J connectivity index is 1.46. The third-order valence-corrected chi connectivity index (χ3v) is 9.33. The van der Waals surface area contributed by atoms with E-state index < -0.39 is 28.8 Å². The van der Waals surface area contributed by atoms with Crippen molar-refractivity contribution < 1.29 is 45.4 Å². The molecule has 52 heavy (non-hydrogen) atoms. The van der Waals surface area contributed by atoms with Gasteiger partial charge in [-0.3, -0.25) is 14.5 Å². The molecule has 16 heteroatoms. The number of esters is 2. The molecule has 3 aromatic rings. The summed E-state index contributed by atoms with van der Waals surface area (Å²) in [5, 5.41) is 12.3. The lowest BCUT2D eigenvalue weighted by Crippen LogP contribution is -2.45. The first-order valence-corrected chi connectivity index (χ1v) is 18.5. The molecule has 0 saturated carbocycles. The van der Waals surface area contributed by atoms with Crippen molar-refractivity contribution in [3.8, 4) is 17.6 Å². The van der Waals surface area contributed by atoms with Crippen molar-refractivity contribution in [2.45, 2.75) is 70.3 Å². The molecule has 0 aliphatic carbocycles. The minimum atomic E-state index is -4.50. The average molecular weight is 750 g/mol. The number of anilines is 2. The highest BCUT2D eigenvalue weighted by molar-refractivity contribution is 7.89. The van der Waals surface area contributed by atoms with Crippen LogP contribution in [-0.2, 0) is 35.6 Å². The molecule has 1 aliphatic heterocycles. The number of likely N-dealkylation sites (tertiary alicyclic amines) is 1. The Morgan fingerprint density at radius 2 is 1.71 bits per heavy atom. The zero-order valence-corrected chi connectivity index (χ0v) is 30.7. The number of primary sulfonamides is 1. The molecule has 0 amide bonds. The number of fused-ring (bicyclic) bond motifs is 1. The molecule has 0 spiro atoms. The molecule has 4 N–H and O–H groups in total. The van der Waals surface area contributed by atoms with Crippen LogP contribution in [0.3, 0.4) is 0 Å². The number of benzene rings is 2. The number of sulfonamides is 1. The fourth-order valence-corrected chi connectivity index (χ4v) is 6.20. The lowest BCUT2D eigenvalue weighted by atomic mass is 10.0. The van der Waals surface area contributed by atoms with E-state index in [1.165, 1.54) is 25.3 Å². The third kappa shape index (κ3) is 11.3. The summed E-state index contributed by atoms with van der Waals surface area (Å²) in [4.78, 5) is 26.4. The lowest BCUT2D eigenvalue weighted by molar-refractivity contribution is -0.164. The molecule has 1 unspecified atom stereocenters. The molecule has 12 nitrogen and oxygen atoms in total. The highest BCUT2D eigenvalue weighted by Crippen LogP contribution is 2.32. The van der Waals surface area contributed by atoms with Crippen LogP contribution >= 0.6 is 0 Å². The molecular formula is C36H46F3N5O7S. The van der Waals surface area contributed by atoms with E-state index in [9.17, 15) is 31.2 Å². The maximum absolute atomic E-state index is 13.7. The second-order valence-electron chi connectivity index (χ2n) is 13.2. The van der Waals surface area contributed by atoms with Gasteiger partial charge in [0.05, 0.1) is 47.3 Å². The number of piperidine rings is 1. The number of carbonyl (C=O) groups is 2. The summed E-state index contributed by atoms with van der Waals surface area (Å²) in [5.41, 5.74) is 1.67. The summed E-state index contributed by atoms with van der Waals surface area (Å²) < 4.78 is 82.0. The Kier molecular flexibility index (Phi) is 13.5. The molecule has 4 rings (SSSR count). The number of hydrogen-bond donors (Lipinski definition) is 3. The molecule has 1 fully saturated rings. The number of aromatic nitrogens is 1. The first-order valence-electron chi connectivity index (χ1n) is 16.9. The minimum absolute atomic E-state index is 0.0256. The van der Waals surface area contributed by atoms with Gasteiger partial charge < -0.3 is 29.4 Å². The summed E-state index contributed by atoms with van der Waals surface area (Å²) >= 11 is 0. The standard InChI is InChI=1S/C36H46F3N5O7S/c1-23(2)34(45)50-21-27(51-35(46)24(3)4)20-43-16-13-25(14-17-43)42-30-9-6-10-32-29(30)18-26(44(32)22-36(37,38)39)8-7-15-41-31-12-11-28(52(40,47)48)19-33(31)49-5/h6,9-12,18-19,23-25,27,41-42H,13-17,20-22H2,1-5H3,(H2,40,47,48). The summed E-state index contributed by atoms with van der Waals surface area (Å²) in [6.45, 7) is 7.43. The van der Waals surface area contributed by atoms with Gasteiger partial charge in [0, 0.05) is 42.8 Å². The van der Waals surface area contributed by atoms with Gasteiger partial charge in [0.25, 0.3) is 0 Å².